The van der Waals surface area contributed by atoms with E-state index in [1.165, 1.54) is 12.1 Å². The maximum absolute atomic E-state index is 13.2. The number of hydrogen-bond acceptors (Lipinski definition) is 1. The molecule has 1 nitrogen and oxygen atoms in total. The van der Waals surface area contributed by atoms with Crippen molar-refractivity contribution in [3.63, 3.8) is 0 Å². The van der Waals surface area contributed by atoms with Gasteiger partial charge >= 0.3 is 6.18 Å². The average Bonchev–Trinajstić information content (AvgIpc) is 2.46. The van der Waals surface area contributed by atoms with Crippen LogP contribution in [0, 0.1) is 0 Å². The molecule has 110 valence electrons. The number of alkyl halides is 3. The predicted molar refractivity (Wildman–Crippen MR) is 75.7 cm³/mol. The second-order valence-corrected chi connectivity index (χ2v) is 5.37. The highest BCUT2D eigenvalue weighted by Gasteiger charge is 2.35. The van der Waals surface area contributed by atoms with Crippen molar-refractivity contribution in [2.24, 2.45) is 0 Å². The number of para-hydroxylation sites is 1. The smallest absolute Gasteiger partial charge is 0.417 e. The molecule has 0 fully saturated rings. The summed E-state index contributed by atoms with van der Waals surface area (Å²) in [7, 11) is 0. The molecule has 0 spiro atoms. The SMILES string of the molecule is FC(F)(F)c1cc(Cl)ccc1-c1cccc2c1OCCC2. The van der Waals surface area contributed by atoms with Gasteiger partial charge in [0.15, 0.2) is 0 Å². The first kappa shape index (κ1) is 14.3. The fourth-order valence-electron chi connectivity index (χ4n) is 2.59. The van der Waals surface area contributed by atoms with Gasteiger partial charge in [0, 0.05) is 10.6 Å². The number of fused-ring (bicyclic) bond motifs is 1. The Kier molecular flexibility index (Phi) is 3.57. The zero-order valence-electron chi connectivity index (χ0n) is 11.0. The minimum Gasteiger partial charge on any atom is -0.493 e. The van der Waals surface area contributed by atoms with Crippen LogP contribution in [0.3, 0.4) is 0 Å². The van der Waals surface area contributed by atoms with Gasteiger partial charge in [-0.3, -0.25) is 0 Å². The van der Waals surface area contributed by atoms with Gasteiger partial charge in [0.05, 0.1) is 12.2 Å². The summed E-state index contributed by atoms with van der Waals surface area (Å²) in [6.07, 6.45) is -2.76. The maximum Gasteiger partial charge on any atom is 0.417 e. The molecule has 0 atom stereocenters. The summed E-state index contributed by atoms with van der Waals surface area (Å²) in [5, 5.41) is 0.0665. The number of aryl methyl sites for hydroxylation is 1. The molecule has 21 heavy (non-hydrogen) atoms. The highest BCUT2D eigenvalue weighted by Crippen LogP contribution is 2.43. The van der Waals surface area contributed by atoms with Crippen LogP contribution in [0.2, 0.25) is 5.02 Å². The minimum absolute atomic E-state index is 0.0665. The molecule has 0 amide bonds. The molecular formula is C16H12ClF3O. The zero-order valence-corrected chi connectivity index (χ0v) is 11.8. The van der Waals surface area contributed by atoms with Crippen LogP contribution in [-0.2, 0) is 12.6 Å². The summed E-state index contributed by atoms with van der Waals surface area (Å²) in [4.78, 5) is 0. The van der Waals surface area contributed by atoms with Crippen LogP contribution >= 0.6 is 11.6 Å². The lowest BCUT2D eigenvalue weighted by atomic mass is 9.94. The third-order valence-electron chi connectivity index (χ3n) is 3.51. The van der Waals surface area contributed by atoms with Gasteiger partial charge in [-0.25, -0.2) is 0 Å². The van der Waals surface area contributed by atoms with Gasteiger partial charge in [-0.05, 0) is 36.1 Å². The topological polar surface area (TPSA) is 9.23 Å². The summed E-state index contributed by atoms with van der Waals surface area (Å²) in [5.74, 6) is 0.552. The lowest BCUT2D eigenvalue weighted by molar-refractivity contribution is -0.137. The highest BCUT2D eigenvalue weighted by molar-refractivity contribution is 6.30. The number of benzene rings is 2. The monoisotopic (exact) mass is 312 g/mol. The second-order valence-electron chi connectivity index (χ2n) is 4.93. The van der Waals surface area contributed by atoms with Gasteiger partial charge in [0.1, 0.15) is 5.75 Å². The van der Waals surface area contributed by atoms with E-state index >= 15 is 0 Å². The zero-order chi connectivity index (χ0) is 15.0. The number of hydrogen-bond donors (Lipinski definition) is 0. The number of halogens is 4. The molecule has 0 radical (unpaired) electrons. The Labute approximate surface area is 125 Å². The van der Waals surface area contributed by atoms with Crippen molar-refractivity contribution in [3.8, 4) is 16.9 Å². The molecule has 1 aliphatic heterocycles. The molecule has 1 heterocycles. The average molecular weight is 313 g/mol. The van der Waals surface area contributed by atoms with E-state index in [1.54, 1.807) is 12.1 Å². The molecule has 0 aromatic heterocycles. The molecule has 2 aromatic carbocycles. The molecule has 0 N–H and O–H groups in total. The van der Waals surface area contributed by atoms with E-state index in [9.17, 15) is 13.2 Å². The Hall–Kier alpha value is -1.68. The Morgan fingerprint density at radius 2 is 1.86 bits per heavy atom. The molecular weight excluding hydrogens is 301 g/mol. The van der Waals surface area contributed by atoms with Crippen molar-refractivity contribution in [1.29, 1.82) is 0 Å². The summed E-state index contributed by atoms with van der Waals surface area (Å²) >= 11 is 5.72. The van der Waals surface area contributed by atoms with Crippen LogP contribution in [0.4, 0.5) is 13.2 Å². The fourth-order valence-corrected chi connectivity index (χ4v) is 2.76. The highest BCUT2D eigenvalue weighted by atomic mass is 35.5. The Morgan fingerprint density at radius 3 is 2.62 bits per heavy atom. The van der Waals surface area contributed by atoms with Crippen LogP contribution < -0.4 is 4.74 Å². The molecule has 0 unspecified atom stereocenters. The maximum atomic E-state index is 13.2. The first-order chi connectivity index (χ1) is 9.97. The van der Waals surface area contributed by atoms with E-state index < -0.39 is 11.7 Å². The summed E-state index contributed by atoms with van der Waals surface area (Å²) in [6, 6.07) is 9.13. The van der Waals surface area contributed by atoms with E-state index in [1.807, 2.05) is 6.07 Å². The van der Waals surface area contributed by atoms with Crippen LogP contribution in [0.25, 0.3) is 11.1 Å². The van der Waals surface area contributed by atoms with E-state index in [0.717, 1.165) is 24.5 Å². The third kappa shape index (κ3) is 2.72. The Morgan fingerprint density at radius 1 is 1.05 bits per heavy atom. The third-order valence-corrected chi connectivity index (χ3v) is 3.75. The van der Waals surface area contributed by atoms with Crippen LogP contribution in [0.5, 0.6) is 5.75 Å². The largest absolute Gasteiger partial charge is 0.493 e. The van der Waals surface area contributed by atoms with Crippen molar-refractivity contribution in [2.45, 2.75) is 19.0 Å². The van der Waals surface area contributed by atoms with Gasteiger partial charge in [0.2, 0.25) is 0 Å². The normalized spacial score (nSPS) is 14.5. The Balaban J connectivity index is 2.22. The second kappa shape index (κ2) is 5.26. The lowest BCUT2D eigenvalue weighted by Gasteiger charge is -2.22. The molecule has 1 aliphatic rings. The Bertz CT molecular complexity index is 680. The lowest BCUT2D eigenvalue weighted by Crippen LogP contribution is -2.11. The summed E-state index contributed by atoms with van der Waals surface area (Å²) < 4.78 is 45.3. The van der Waals surface area contributed by atoms with E-state index in [-0.39, 0.29) is 10.6 Å². The first-order valence-corrected chi connectivity index (χ1v) is 6.96. The van der Waals surface area contributed by atoms with Crippen LogP contribution in [0.1, 0.15) is 17.5 Å². The molecule has 0 aliphatic carbocycles. The van der Waals surface area contributed by atoms with Crippen molar-refractivity contribution in [1.82, 2.24) is 0 Å². The van der Waals surface area contributed by atoms with Crippen molar-refractivity contribution in [3.05, 3.63) is 52.5 Å². The van der Waals surface area contributed by atoms with Gasteiger partial charge in [-0.1, -0.05) is 35.9 Å². The molecule has 0 saturated carbocycles. The van der Waals surface area contributed by atoms with Crippen LogP contribution in [0.15, 0.2) is 36.4 Å². The molecule has 0 saturated heterocycles. The van der Waals surface area contributed by atoms with Gasteiger partial charge in [-0.15, -0.1) is 0 Å². The first-order valence-electron chi connectivity index (χ1n) is 6.58. The molecule has 5 heteroatoms. The minimum atomic E-state index is -4.46. The predicted octanol–water partition coefficient (Wildman–Crippen LogP) is 5.35. The van der Waals surface area contributed by atoms with E-state index in [2.05, 4.69) is 0 Å². The van der Waals surface area contributed by atoms with Crippen molar-refractivity contribution < 1.29 is 17.9 Å². The number of rotatable bonds is 1. The number of ether oxygens (including phenoxy) is 1. The van der Waals surface area contributed by atoms with Crippen LogP contribution in [-0.4, -0.2) is 6.61 Å². The van der Waals surface area contributed by atoms with Gasteiger partial charge < -0.3 is 4.74 Å². The van der Waals surface area contributed by atoms with E-state index in [4.69, 9.17) is 16.3 Å². The molecule has 2 aromatic rings. The van der Waals surface area contributed by atoms with E-state index in [0.29, 0.717) is 17.9 Å². The van der Waals surface area contributed by atoms with Gasteiger partial charge in [0.25, 0.3) is 0 Å². The van der Waals surface area contributed by atoms with Gasteiger partial charge in [-0.2, -0.15) is 13.2 Å². The van der Waals surface area contributed by atoms with Crippen molar-refractivity contribution in [2.75, 3.05) is 6.61 Å². The molecule has 0 bridgehead atoms. The molecule has 3 rings (SSSR count). The fraction of sp³-hybridized carbons (Fsp3) is 0.250. The van der Waals surface area contributed by atoms with Crippen molar-refractivity contribution >= 4 is 11.6 Å². The summed E-state index contributed by atoms with van der Waals surface area (Å²) in [5.41, 5.74) is 0.779. The quantitative estimate of drug-likeness (QED) is 0.689. The summed E-state index contributed by atoms with van der Waals surface area (Å²) in [6.45, 7) is 0.527. The standard InChI is InChI=1S/C16H12ClF3O/c17-11-6-7-12(14(9-11)16(18,19)20)13-5-1-3-10-4-2-8-21-15(10)13/h1,3,5-7,9H,2,4,8H2.